The highest BCUT2D eigenvalue weighted by Crippen LogP contribution is 2.28. The molecule has 0 saturated carbocycles. The molecule has 0 saturated heterocycles. The molecule has 2 nitrogen and oxygen atoms in total. The van der Waals surface area contributed by atoms with Crippen molar-refractivity contribution >= 4 is 5.78 Å². The summed E-state index contributed by atoms with van der Waals surface area (Å²) in [4.78, 5) is 15.9. The van der Waals surface area contributed by atoms with E-state index in [9.17, 15) is 18.0 Å². The van der Waals surface area contributed by atoms with Gasteiger partial charge in [-0.15, -0.1) is 0 Å². The van der Waals surface area contributed by atoms with Gasteiger partial charge in [0.2, 0.25) is 5.78 Å². The fourth-order valence-corrected chi connectivity index (χ4v) is 1.83. The first-order valence-corrected chi connectivity index (χ1v) is 5.95. The standard InChI is InChI=1S/C15H12F3NO/c1-9-4-3-5-12(10(9)2)14(20)13-7-6-11(8-19-13)15(16,17)18/h3-8H,1-2H3. The van der Waals surface area contributed by atoms with E-state index in [1.54, 1.807) is 19.1 Å². The number of aryl methyl sites for hydroxylation is 1. The van der Waals surface area contributed by atoms with Crippen LogP contribution in [0, 0.1) is 13.8 Å². The van der Waals surface area contributed by atoms with E-state index in [-0.39, 0.29) is 11.5 Å². The highest BCUT2D eigenvalue weighted by molar-refractivity contribution is 6.08. The van der Waals surface area contributed by atoms with Crippen LogP contribution >= 0.6 is 0 Å². The number of halogens is 3. The van der Waals surface area contributed by atoms with Gasteiger partial charge in [0.15, 0.2) is 0 Å². The molecule has 5 heteroatoms. The highest BCUT2D eigenvalue weighted by atomic mass is 19.4. The maximum atomic E-state index is 12.4. The van der Waals surface area contributed by atoms with Gasteiger partial charge in [-0.2, -0.15) is 13.2 Å². The van der Waals surface area contributed by atoms with Crippen LogP contribution in [0.3, 0.4) is 0 Å². The van der Waals surface area contributed by atoms with Crippen LogP contribution in [0.1, 0.15) is 32.7 Å². The Labute approximate surface area is 114 Å². The lowest BCUT2D eigenvalue weighted by Gasteiger charge is -2.09. The van der Waals surface area contributed by atoms with Gasteiger partial charge in [-0.3, -0.25) is 9.78 Å². The summed E-state index contributed by atoms with van der Waals surface area (Å²) in [5.74, 6) is -0.375. The van der Waals surface area contributed by atoms with E-state index in [0.29, 0.717) is 11.8 Å². The van der Waals surface area contributed by atoms with E-state index < -0.39 is 11.7 Å². The Morgan fingerprint density at radius 2 is 1.80 bits per heavy atom. The lowest BCUT2D eigenvalue weighted by atomic mass is 9.98. The normalized spacial score (nSPS) is 11.4. The molecule has 0 unspecified atom stereocenters. The predicted octanol–water partition coefficient (Wildman–Crippen LogP) is 3.95. The SMILES string of the molecule is Cc1cccc(C(=O)c2ccc(C(F)(F)F)cn2)c1C. The molecule has 0 amide bonds. The van der Waals surface area contributed by atoms with Gasteiger partial charge in [0.25, 0.3) is 0 Å². The van der Waals surface area contributed by atoms with Gasteiger partial charge < -0.3 is 0 Å². The lowest BCUT2D eigenvalue weighted by molar-refractivity contribution is -0.137. The number of benzene rings is 1. The first-order chi connectivity index (χ1) is 9.30. The number of carbonyl (C=O) groups excluding carboxylic acids is 1. The zero-order valence-corrected chi connectivity index (χ0v) is 11.0. The third-order valence-electron chi connectivity index (χ3n) is 3.17. The zero-order valence-electron chi connectivity index (χ0n) is 11.0. The van der Waals surface area contributed by atoms with Gasteiger partial charge in [-0.1, -0.05) is 18.2 Å². The number of aromatic nitrogens is 1. The summed E-state index contributed by atoms with van der Waals surface area (Å²) < 4.78 is 37.3. The van der Waals surface area contributed by atoms with Crippen molar-refractivity contribution in [3.8, 4) is 0 Å². The second kappa shape index (κ2) is 5.07. The molecule has 0 fully saturated rings. The monoisotopic (exact) mass is 279 g/mol. The van der Waals surface area contributed by atoms with E-state index >= 15 is 0 Å². The first-order valence-electron chi connectivity index (χ1n) is 5.95. The van der Waals surface area contributed by atoms with Crippen molar-refractivity contribution in [2.24, 2.45) is 0 Å². The zero-order chi connectivity index (χ0) is 14.9. The van der Waals surface area contributed by atoms with E-state index in [4.69, 9.17) is 0 Å². The van der Waals surface area contributed by atoms with Crippen molar-refractivity contribution in [1.29, 1.82) is 0 Å². The Kier molecular flexibility index (Phi) is 3.61. The second-order valence-electron chi connectivity index (χ2n) is 4.51. The van der Waals surface area contributed by atoms with Crippen molar-refractivity contribution in [3.63, 3.8) is 0 Å². The van der Waals surface area contributed by atoms with Gasteiger partial charge in [-0.25, -0.2) is 0 Å². The highest BCUT2D eigenvalue weighted by Gasteiger charge is 2.31. The second-order valence-corrected chi connectivity index (χ2v) is 4.51. The number of carbonyl (C=O) groups is 1. The molecule has 0 bridgehead atoms. The Hall–Kier alpha value is -2.17. The molecule has 104 valence electrons. The van der Waals surface area contributed by atoms with Crippen molar-refractivity contribution < 1.29 is 18.0 Å². The predicted molar refractivity (Wildman–Crippen MR) is 68.6 cm³/mol. The molecule has 2 aromatic rings. The summed E-state index contributed by atoms with van der Waals surface area (Å²) in [5.41, 5.74) is 1.35. The van der Waals surface area contributed by atoms with Crippen LogP contribution < -0.4 is 0 Å². The Balaban J connectivity index is 2.37. The summed E-state index contributed by atoms with van der Waals surface area (Å²) in [7, 11) is 0. The molecule has 1 heterocycles. The van der Waals surface area contributed by atoms with Crippen LogP contribution in [0.25, 0.3) is 0 Å². The number of hydrogen-bond acceptors (Lipinski definition) is 2. The van der Waals surface area contributed by atoms with Gasteiger partial charge in [0.05, 0.1) is 5.56 Å². The molecule has 0 N–H and O–H groups in total. The summed E-state index contributed by atoms with van der Waals surface area (Å²) >= 11 is 0. The van der Waals surface area contributed by atoms with Gasteiger partial charge in [0.1, 0.15) is 5.69 Å². The fraction of sp³-hybridized carbons (Fsp3) is 0.200. The molecule has 0 aliphatic heterocycles. The molecule has 20 heavy (non-hydrogen) atoms. The largest absolute Gasteiger partial charge is 0.417 e. The Bertz CT molecular complexity index is 645. The van der Waals surface area contributed by atoms with Crippen LogP contribution in [-0.2, 0) is 6.18 Å². The maximum Gasteiger partial charge on any atom is 0.417 e. The summed E-state index contributed by atoms with van der Waals surface area (Å²) in [6.45, 7) is 3.67. The topological polar surface area (TPSA) is 30.0 Å². The summed E-state index contributed by atoms with van der Waals surface area (Å²) in [5, 5.41) is 0. The first kappa shape index (κ1) is 14.2. The van der Waals surface area contributed by atoms with Gasteiger partial charge in [0, 0.05) is 11.8 Å². The quantitative estimate of drug-likeness (QED) is 0.779. The molecule has 0 radical (unpaired) electrons. The summed E-state index contributed by atoms with van der Waals surface area (Å²) in [6.07, 6.45) is -3.77. The minimum atomic E-state index is -4.45. The van der Waals surface area contributed by atoms with Crippen LogP contribution in [-0.4, -0.2) is 10.8 Å². The molecular weight excluding hydrogens is 267 g/mol. The van der Waals surface area contributed by atoms with Gasteiger partial charge in [-0.05, 0) is 37.1 Å². The average molecular weight is 279 g/mol. The van der Waals surface area contributed by atoms with Crippen LogP contribution in [0.5, 0.6) is 0 Å². The minimum absolute atomic E-state index is 0.00620. The van der Waals surface area contributed by atoms with Crippen molar-refractivity contribution in [2.75, 3.05) is 0 Å². The third-order valence-corrected chi connectivity index (χ3v) is 3.17. The number of alkyl halides is 3. The lowest BCUT2D eigenvalue weighted by Crippen LogP contribution is -2.10. The van der Waals surface area contributed by atoms with Gasteiger partial charge >= 0.3 is 6.18 Å². The van der Waals surface area contributed by atoms with Crippen LogP contribution in [0.2, 0.25) is 0 Å². The molecule has 0 aliphatic carbocycles. The minimum Gasteiger partial charge on any atom is -0.287 e. The molecule has 1 aromatic carbocycles. The van der Waals surface area contributed by atoms with Crippen molar-refractivity contribution in [1.82, 2.24) is 4.98 Å². The third kappa shape index (κ3) is 2.71. The number of rotatable bonds is 2. The van der Waals surface area contributed by atoms with Crippen molar-refractivity contribution in [3.05, 3.63) is 64.5 Å². The molecule has 0 aliphatic rings. The number of ketones is 1. The Morgan fingerprint density at radius 1 is 1.10 bits per heavy atom. The molecule has 0 spiro atoms. The Morgan fingerprint density at radius 3 is 2.35 bits per heavy atom. The van der Waals surface area contributed by atoms with E-state index in [1.165, 1.54) is 0 Å². The average Bonchev–Trinajstić information content (AvgIpc) is 2.40. The van der Waals surface area contributed by atoms with E-state index in [0.717, 1.165) is 23.3 Å². The molecule has 1 aromatic heterocycles. The van der Waals surface area contributed by atoms with Crippen LogP contribution in [0.4, 0.5) is 13.2 Å². The fourth-order valence-electron chi connectivity index (χ4n) is 1.83. The summed E-state index contributed by atoms with van der Waals surface area (Å²) in [6, 6.07) is 7.22. The smallest absolute Gasteiger partial charge is 0.287 e. The van der Waals surface area contributed by atoms with E-state index in [2.05, 4.69) is 4.98 Å². The molecule has 0 atom stereocenters. The number of pyridine rings is 1. The maximum absolute atomic E-state index is 12.4. The molecule has 2 rings (SSSR count). The molecular formula is C15H12F3NO. The number of hydrogen-bond donors (Lipinski definition) is 0. The van der Waals surface area contributed by atoms with Crippen LogP contribution in [0.15, 0.2) is 36.5 Å². The van der Waals surface area contributed by atoms with Crippen molar-refractivity contribution in [2.45, 2.75) is 20.0 Å². The van der Waals surface area contributed by atoms with E-state index in [1.807, 2.05) is 13.0 Å². The number of nitrogens with zero attached hydrogens (tertiary/aromatic N) is 1.